The van der Waals surface area contributed by atoms with Gasteiger partial charge in [0.05, 0.1) is 23.8 Å². The van der Waals surface area contributed by atoms with Crippen molar-refractivity contribution in [3.63, 3.8) is 0 Å². The van der Waals surface area contributed by atoms with Crippen molar-refractivity contribution >= 4 is 17.2 Å². The first-order valence-electron chi connectivity index (χ1n) is 9.66. The van der Waals surface area contributed by atoms with E-state index in [0.29, 0.717) is 11.5 Å². The van der Waals surface area contributed by atoms with Gasteiger partial charge in [-0.2, -0.15) is 0 Å². The Kier molecular flexibility index (Phi) is 4.41. The topological polar surface area (TPSA) is 67.8 Å². The molecule has 2 aliphatic heterocycles. The first-order chi connectivity index (χ1) is 13.8. The molecule has 0 spiro atoms. The maximum absolute atomic E-state index is 12.0. The van der Waals surface area contributed by atoms with Crippen molar-refractivity contribution < 1.29 is 19.4 Å². The molecular weight excluding hydrogens is 366 g/mol. The zero-order chi connectivity index (χ0) is 20.9. The largest absolute Gasteiger partial charge is 0.496 e. The zero-order valence-corrected chi connectivity index (χ0v) is 17.3. The van der Waals surface area contributed by atoms with Crippen molar-refractivity contribution in [2.75, 3.05) is 12.4 Å². The van der Waals surface area contributed by atoms with E-state index >= 15 is 0 Å². The van der Waals surface area contributed by atoms with Gasteiger partial charge in [-0.15, -0.1) is 0 Å². The number of aliphatic carboxylic acids is 1. The fraction of sp³-hybridized carbons (Fsp3) is 0.292. The molecule has 5 nitrogen and oxygen atoms in total. The SMILES string of the molecule is CC=C(C(=O)O)C1Oc2cccc(OC)c2-c2ccc3c(c21)C(C)=CC(C)(C)N3. The molecule has 2 aromatic carbocycles. The van der Waals surface area contributed by atoms with Gasteiger partial charge in [0, 0.05) is 16.8 Å². The van der Waals surface area contributed by atoms with Crippen LogP contribution >= 0.6 is 0 Å². The average molecular weight is 391 g/mol. The number of anilines is 1. The number of hydrogen-bond acceptors (Lipinski definition) is 4. The summed E-state index contributed by atoms with van der Waals surface area (Å²) in [7, 11) is 1.63. The summed E-state index contributed by atoms with van der Waals surface area (Å²) in [6.45, 7) is 8.01. The fourth-order valence-corrected chi connectivity index (χ4v) is 4.47. The summed E-state index contributed by atoms with van der Waals surface area (Å²) in [4.78, 5) is 12.0. The van der Waals surface area contributed by atoms with E-state index in [1.54, 1.807) is 20.1 Å². The Morgan fingerprint density at radius 3 is 2.66 bits per heavy atom. The Balaban J connectivity index is 2.07. The number of methoxy groups -OCH3 is 1. The van der Waals surface area contributed by atoms with Crippen LogP contribution in [0.4, 0.5) is 5.69 Å². The molecule has 0 saturated heterocycles. The molecule has 1 unspecified atom stereocenters. The number of rotatable bonds is 3. The second-order valence-electron chi connectivity index (χ2n) is 8.00. The highest BCUT2D eigenvalue weighted by atomic mass is 16.5. The summed E-state index contributed by atoms with van der Waals surface area (Å²) in [5.41, 5.74) is 5.71. The summed E-state index contributed by atoms with van der Waals surface area (Å²) in [6.07, 6.45) is 3.06. The van der Waals surface area contributed by atoms with Gasteiger partial charge in [-0.25, -0.2) is 4.79 Å². The van der Waals surface area contributed by atoms with E-state index in [9.17, 15) is 9.90 Å². The molecule has 0 bridgehead atoms. The Morgan fingerprint density at radius 2 is 2.00 bits per heavy atom. The second-order valence-corrected chi connectivity index (χ2v) is 8.00. The highest BCUT2D eigenvalue weighted by molar-refractivity contribution is 5.95. The molecule has 2 heterocycles. The third-order valence-electron chi connectivity index (χ3n) is 5.50. The van der Waals surface area contributed by atoms with Crippen LogP contribution < -0.4 is 14.8 Å². The van der Waals surface area contributed by atoms with Crippen molar-refractivity contribution in [2.24, 2.45) is 0 Å². The van der Waals surface area contributed by atoms with E-state index in [1.807, 2.05) is 24.3 Å². The first-order valence-corrected chi connectivity index (χ1v) is 9.66. The van der Waals surface area contributed by atoms with Gasteiger partial charge < -0.3 is 19.9 Å². The van der Waals surface area contributed by atoms with E-state index in [-0.39, 0.29) is 11.1 Å². The third-order valence-corrected chi connectivity index (χ3v) is 5.50. The molecular formula is C24H25NO4. The fourth-order valence-electron chi connectivity index (χ4n) is 4.47. The summed E-state index contributed by atoms with van der Waals surface area (Å²) < 4.78 is 11.9. The lowest BCUT2D eigenvalue weighted by molar-refractivity contribution is -0.133. The number of allylic oxidation sites excluding steroid dienone is 2. The molecule has 2 N–H and O–H groups in total. The molecule has 0 amide bonds. The zero-order valence-electron chi connectivity index (χ0n) is 17.3. The minimum absolute atomic E-state index is 0.192. The van der Waals surface area contributed by atoms with E-state index in [4.69, 9.17) is 9.47 Å². The van der Waals surface area contributed by atoms with Crippen LogP contribution in [0.3, 0.4) is 0 Å². The van der Waals surface area contributed by atoms with Crippen LogP contribution in [0, 0.1) is 0 Å². The van der Waals surface area contributed by atoms with Gasteiger partial charge >= 0.3 is 5.97 Å². The number of carbonyl (C=O) groups is 1. The van der Waals surface area contributed by atoms with E-state index < -0.39 is 12.1 Å². The molecule has 150 valence electrons. The van der Waals surface area contributed by atoms with Crippen molar-refractivity contribution in [3.8, 4) is 22.6 Å². The van der Waals surface area contributed by atoms with E-state index in [2.05, 4.69) is 38.2 Å². The van der Waals surface area contributed by atoms with Crippen LogP contribution in [-0.4, -0.2) is 23.7 Å². The van der Waals surface area contributed by atoms with Crippen molar-refractivity contribution in [1.82, 2.24) is 0 Å². The molecule has 29 heavy (non-hydrogen) atoms. The van der Waals surface area contributed by atoms with Crippen LogP contribution in [-0.2, 0) is 4.79 Å². The number of ether oxygens (including phenoxy) is 2. The number of carboxylic acids is 1. The molecule has 1 atom stereocenters. The van der Waals surface area contributed by atoms with Gasteiger partial charge in [-0.3, -0.25) is 0 Å². The number of benzene rings is 2. The predicted molar refractivity (Wildman–Crippen MR) is 115 cm³/mol. The monoisotopic (exact) mass is 391 g/mol. The van der Waals surface area contributed by atoms with Gasteiger partial charge in [-0.1, -0.05) is 24.3 Å². The Labute approximate surface area is 170 Å². The molecule has 2 aromatic rings. The Morgan fingerprint density at radius 1 is 1.24 bits per heavy atom. The predicted octanol–water partition coefficient (Wildman–Crippen LogP) is 5.43. The minimum Gasteiger partial charge on any atom is -0.496 e. The molecule has 0 radical (unpaired) electrons. The Hall–Kier alpha value is -3.21. The highest BCUT2D eigenvalue weighted by Crippen LogP contribution is 2.53. The second kappa shape index (κ2) is 6.69. The van der Waals surface area contributed by atoms with E-state index in [1.165, 1.54) is 0 Å². The van der Waals surface area contributed by atoms with Crippen LogP contribution in [0.15, 0.2) is 48.1 Å². The minimum atomic E-state index is -0.988. The molecule has 0 aliphatic carbocycles. The van der Waals surface area contributed by atoms with Crippen LogP contribution in [0.1, 0.15) is 44.9 Å². The summed E-state index contributed by atoms with van der Waals surface area (Å²) in [5, 5.41) is 13.4. The van der Waals surface area contributed by atoms with Gasteiger partial charge in [0.15, 0.2) is 6.10 Å². The van der Waals surface area contributed by atoms with E-state index in [0.717, 1.165) is 33.5 Å². The molecule has 0 saturated carbocycles. The van der Waals surface area contributed by atoms with Gasteiger partial charge in [0.2, 0.25) is 0 Å². The first kappa shape index (κ1) is 19.1. The maximum Gasteiger partial charge on any atom is 0.335 e. The highest BCUT2D eigenvalue weighted by Gasteiger charge is 2.38. The van der Waals surface area contributed by atoms with Crippen LogP contribution in [0.2, 0.25) is 0 Å². The molecule has 4 rings (SSSR count). The standard InChI is InChI=1S/C24H25NO4/c1-6-14(23(26)27)22-21-15(20-17(28-5)8-7-9-18(20)29-22)10-11-16-19(21)13(2)12-24(3,4)25-16/h6-12,22,25H,1-5H3,(H,26,27). The number of hydrogen-bond donors (Lipinski definition) is 2. The van der Waals surface area contributed by atoms with Crippen molar-refractivity contribution in [3.05, 3.63) is 59.2 Å². The van der Waals surface area contributed by atoms with Crippen molar-refractivity contribution in [1.29, 1.82) is 0 Å². The number of fused-ring (bicyclic) bond motifs is 5. The molecule has 0 fully saturated rings. The van der Waals surface area contributed by atoms with Gasteiger partial charge in [0.25, 0.3) is 0 Å². The third kappa shape index (κ3) is 2.97. The van der Waals surface area contributed by atoms with Gasteiger partial charge in [-0.05, 0) is 57.0 Å². The summed E-state index contributed by atoms with van der Waals surface area (Å²) in [5.74, 6) is 0.330. The summed E-state index contributed by atoms with van der Waals surface area (Å²) >= 11 is 0. The lowest BCUT2D eigenvalue weighted by Gasteiger charge is -2.37. The quantitative estimate of drug-likeness (QED) is 0.683. The maximum atomic E-state index is 12.0. The van der Waals surface area contributed by atoms with Crippen LogP contribution in [0.5, 0.6) is 11.5 Å². The molecule has 5 heteroatoms. The lowest BCUT2D eigenvalue weighted by Crippen LogP contribution is -2.33. The Bertz CT molecular complexity index is 1080. The normalized spacial score (nSPS) is 19.0. The van der Waals surface area contributed by atoms with Crippen molar-refractivity contribution in [2.45, 2.75) is 39.3 Å². The average Bonchev–Trinajstić information content (AvgIpc) is 2.66. The number of nitrogens with one attached hydrogen (secondary N) is 1. The van der Waals surface area contributed by atoms with Gasteiger partial charge in [0.1, 0.15) is 11.5 Å². The van der Waals surface area contributed by atoms with Crippen LogP contribution in [0.25, 0.3) is 16.7 Å². The summed E-state index contributed by atoms with van der Waals surface area (Å²) in [6, 6.07) is 9.68. The smallest absolute Gasteiger partial charge is 0.335 e. The molecule has 2 aliphatic rings. The molecule has 0 aromatic heterocycles. The lowest BCUT2D eigenvalue weighted by atomic mass is 9.80. The number of carboxylic acid groups (broad SMARTS) is 1.